The fourth-order valence-corrected chi connectivity index (χ4v) is 2.00. The van der Waals surface area contributed by atoms with Crippen molar-refractivity contribution in [3.63, 3.8) is 0 Å². The normalized spacial score (nSPS) is 19.8. The third-order valence-electron chi connectivity index (χ3n) is 2.41. The molecule has 0 spiro atoms. The van der Waals surface area contributed by atoms with Gasteiger partial charge in [0.15, 0.2) is 0 Å². The highest BCUT2D eigenvalue weighted by molar-refractivity contribution is 6.17. The molecule has 0 aromatic heterocycles. The highest BCUT2D eigenvalue weighted by Crippen LogP contribution is 2.32. The van der Waals surface area contributed by atoms with Crippen molar-refractivity contribution in [3.8, 4) is 0 Å². The van der Waals surface area contributed by atoms with Gasteiger partial charge in [-0.05, 0) is 12.0 Å². The number of benzene rings is 1. The Bertz CT molecular complexity index is 333. The van der Waals surface area contributed by atoms with Crippen molar-refractivity contribution in [1.29, 1.82) is 0 Å². The molecule has 68 valence electrons. The van der Waals surface area contributed by atoms with Crippen LogP contribution in [0.25, 0.3) is 5.70 Å². The largest absolute Gasteiger partial charge is 0.378 e. The number of hydrogen-bond acceptors (Lipinski definition) is 1. The Morgan fingerprint density at radius 1 is 1.38 bits per heavy atom. The van der Waals surface area contributed by atoms with Crippen molar-refractivity contribution in [2.75, 3.05) is 5.88 Å². The first-order valence-corrected chi connectivity index (χ1v) is 4.97. The van der Waals surface area contributed by atoms with Crippen molar-refractivity contribution in [1.82, 2.24) is 5.32 Å². The molecule has 1 atom stereocenters. The Kier molecular flexibility index (Phi) is 2.28. The van der Waals surface area contributed by atoms with E-state index in [1.807, 2.05) is 6.07 Å². The number of nitrogens with one attached hydrogen (secondary N) is 1. The predicted molar refractivity (Wildman–Crippen MR) is 56.7 cm³/mol. The van der Waals surface area contributed by atoms with Crippen LogP contribution in [-0.4, -0.2) is 5.88 Å². The van der Waals surface area contributed by atoms with Crippen LogP contribution in [-0.2, 0) is 0 Å². The van der Waals surface area contributed by atoms with Gasteiger partial charge in [-0.3, -0.25) is 0 Å². The summed E-state index contributed by atoms with van der Waals surface area (Å²) in [5.74, 6) is 0.680. The Morgan fingerprint density at radius 3 is 2.92 bits per heavy atom. The predicted octanol–water partition coefficient (Wildman–Crippen LogP) is 2.93. The van der Waals surface area contributed by atoms with Gasteiger partial charge in [0.25, 0.3) is 0 Å². The van der Waals surface area contributed by atoms with E-state index >= 15 is 0 Å². The lowest BCUT2D eigenvalue weighted by molar-refractivity contribution is 0.643. The summed E-state index contributed by atoms with van der Waals surface area (Å²) in [4.78, 5) is 0. The standard InChI is InChI=1S/C11H12ClN/c1-8-9-4-2-3-5-10(9)11(13-8)6-7-12/h2-5,11,13H,1,6-7H2. The van der Waals surface area contributed by atoms with Gasteiger partial charge in [-0.1, -0.05) is 30.8 Å². The van der Waals surface area contributed by atoms with E-state index < -0.39 is 0 Å². The first kappa shape index (κ1) is 8.64. The van der Waals surface area contributed by atoms with Crippen LogP contribution in [0.4, 0.5) is 0 Å². The van der Waals surface area contributed by atoms with Crippen LogP contribution in [0, 0.1) is 0 Å². The number of alkyl halides is 1. The summed E-state index contributed by atoms with van der Waals surface area (Å²) >= 11 is 5.73. The first-order valence-electron chi connectivity index (χ1n) is 4.43. The molecular weight excluding hydrogens is 182 g/mol. The summed E-state index contributed by atoms with van der Waals surface area (Å²) in [7, 11) is 0. The van der Waals surface area contributed by atoms with E-state index in [0.29, 0.717) is 11.9 Å². The lowest BCUT2D eigenvalue weighted by Crippen LogP contribution is -2.11. The molecule has 13 heavy (non-hydrogen) atoms. The second-order valence-corrected chi connectivity index (χ2v) is 3.62. The zero-order valence-electron chi connectivity index (χ0n) is 7.39. The van der Waals surface area contributed by atoms with E-state index in [-0.39, 0.29) is 0 Å². The second kappa shape index (κ2) is 3.43. The van der Waals surface area contributed by atoms with Gasteiger partial charge in [-0.15, -0.1) is 11.6 Å². The molecular formula is C11H12ClN. The van der Waals surface area contributed by atoms with Crippen LogP contribution in [0.5, 0.6) is 0 Å². The monoisotopic (exact) mass is 193 g/mol. The fraction of sp³-hybridized carbons (Fsp3) is 0.273. The molecule has 1 nitrogen and oxygen atoms in total. The molecule has 1 aromatic carbocycles. The van der Waals surface area contributed by atoms with Crippen LogP contribution in [0.2, 0.25) is 0 Å². The molecule has 1 aliphatic rings. The lowest BCUT2D eigenvalue weighted by Gasteiger charge is -2.09. The molecule has 0 amide bonds. The number of rotatable bonds is 2. The first-order chi connectivity index (χ1) is 6.33. The van der Waals surface area contributed by atoms with Gasteiger partial charge in [-0.2, -0.15) is 0 Å². The minimum atomic E-state index is 0.362. The maximum absolute atomic E-state index is 5.73. The van der Waals surface area contributed by atoms with E-state index in [4.69, 9.17) is 11.6 Å². The Hall–Kier alpha value is -0.950. The average molecular weight is 194 g/mol. The molecule has 0 saturated heterocycles. The Labute approximate surface area is 83.4 Å². The molecule has 1 aliphatic heterocycles. The van der Waals surface area contributed by atoms with Crippen molar-refractivity contribution in [2.24, 2.45) is 0 Å². The maximum atomic E-state index is 5.73. The third kappa shape index (κ3) is 1.44. The van der Waals surface area contributed by atoms with Crippen LogP contribution in [0.15, 0.2) is 30.8 Å². The molecule has 0 saturated carbocycles. The molecule has 1 aromatic rings. The lowest BCUT2D eigenvalue weighted by atomic mass is 10.0. The quantitative estimate of drug-likeness (QED) is 0.713. The molecule has 0 aliphatic carbocycles. The van der Waals surface area contributed by atoms with Gasteiger partial charge in [-0.25, -0.2) is 0 Å². The average Bonchev–Trinajstić information content (AvgIpc) is 2.46. The summed E-state index contributed by atoms with van der Waals surface area (Å²) < 4.78 is 0. The van der Waals surface area contributed by atoms with Crippen molar-refractivity contribution in [2.45, 2.75) is 12.5 Å². The maximum Gasteiger partial charge on any atom is 0.0531 e. The second-order valence-electron chi connectivity index (χ2n) is 3.24. The third-order valence-corrected chi connectivity index (χ3v) is 2.63. The van der Waals surface area contributed by atoms with E-state index in [9.17, 15) is 0 Å². The molecule has 0 fully saturated rings. The molecule has 2 rings (SSSR count). The summed E-state index contributed by atoms with van der Waals surface area (Å²) in [6, 6.07) is 8.69. The van der Waals surface area contributed by atoms with Crippen LogP contribution in [0.1, 0.15) is 23.6 Å². The van der Waals surface area contributed by atoms with Gasteiger partial charge >= 0.3 is 0 Å². The van der Waals surface area contributed by atoms with Crippen molar-refractivity contribution >= 4 is 17.3 Å². The Morgan fingerprint density at radius 2 is 2.15 bits per heavy atom. The molecule has 0 radical (unpaired) electrons. The molecule has 0 bridgehead atoms. The molecule has 2 heteroatoms. The summed E-state index contributed by atoms with van der Waals surface area (Å²) in [6.45, 7) is 3.97. The highest BCUT2D eigenvalue weighted by Gasteiger charge is 2.22. The highest BCUT2D eigenvalue weighted by atomic mass is 35.5. The minimum absolute atomic E-state index is 0.362. The van der Waals surface area contributed by atoms with Gasteiger partial charge in [0.1, 0.15) is 0 Å². The smallest absolute Gasteiger partial charge is 0.0531 e. The van der Waals surface area contributed by atoms with E-state index in [1.54, 1.807) is 0 Å². The zero-order valence-corrected chi connectivity index (χ0v) is 8.14. The van der Waals surface area contributed by atoms with Crippen LogP contribution < -0.4 is 5.32 Å². The van der Waals surface area contributed by atoms with Gasteiger partial charge in [0, 0.05) is 17.1 Å². The van der Waals surface area contributed by atoms with Crippen LogP contribution >= 0.6 is 11.6 Å². The summed E-state index contributed by atoms with van der Waals surface area (Å²) in [5.41, 5.74) is 3.58. The SMILES string of the molecule is C=C1NC(CCCl)c2ccccc21. The number of hydrogen-bond donors (Lipinski definition) is 1. The van der Waals surface area contributed by atoms with Gasteiger partial charge < -0.3 is 5.32 Å². The van der Waals surface area contributed by atoms with Gasteiger partial charge in [0.05, 0.1) is 6.04 Å². The minimum Gasteiger partial charge on any atom is -0.378 e. The number of halogens is 1. The summed E-state index contributed by atoms with van der Waals surface area (Å²) in [5, 5.41) is 3.34. The zero-order chi connectivity index (χ0) is 9.26. The summed E-state index contributed by atoms with van der Waals surface area (Å²) in [6.07, 6.45) is 0.956. The van der Waals surface area contributed by atoms with E-state index in [1.165, 1.54) is 11.1 Å². The van der Waals surface area contributed by atoms with E-state index in [2.05, 4.69) is 30.1 Å². The van der Waals surface area contributed by atoms with E-state index in [0.717, 1.165) is 12.1 Å². The van der Waals surface area contributed by atoms with Crippen molar-refractivity contribution < 1.29 is 0 Å². The number of fused-ring (bicyclic) bond motifs is 1. The Balaban J connectivity index is 2.36. The van der Waals surface area contributed by atoms with Gasteiger partial charge in [0.2, 0.25) is 0 Å². The fourth-order valence-electron chi connectivity index (χ4n) is 1.78. The molecule has 1 N–H and O–H groups in total. The topological polar surface area (TPSA) is 12.0 Å². The van der Waals surface area contributed by atoms with Crippen LogP contribution in [0.3, 0.4) is 0 Å². The van der Waals surface area contributed by atoms with Crippen molar-refractivity contribution in [3.05, 3.63) is 42.0 Å². The molecule has 1 heterocycles. The molecule has 1 unspecified atom stereocenters.